The molecule has 2 aliphatic carbocycles. The van der Waals surface area contributed by atoms with E-state index in [-0.39, 0.29) is 17.7 Å². The lowest BCUT2D eigenvalue weighted by atomic mass is 9.75. The van der Waals surface area contributed by atoms with Gasteiger partial charge in [0.15, 0.2) is 23.2 Å². The highest BCUT2D eigenvalue weighted by atomic mass is 19.2. The van der Waals surface area contributed by atoms with E-state index in [0.29, 0.717) is 29.4 Å². The quantitative estimate of drug-likeness (QED) is 0.343. The van der Waals surface area contributed by atoms with Crippen molar-refractivity contribution < 1.29 is 17.9 Å². The molecule has 0 N–H and O–H groups in total. The van der Waals surface area contributed by atoms with Gasteiger partial charge in [0, 0.05) is 0 Å². The zero-order chi connectivity index (χ0) is 24.8. The maximum absolute atomic E-state index is 15.2. The largest absolute Gasteiger partial charge is 0.491 e. The molecular weight excluding hydrogens is 445 g/mol. The normalized spacial score (nSPS) is 24.9. The summed E-state index contributed by atoms with van der Waals surface area (Å²) in [6.45, 7) is 4.51. The SMILES string of the molecule is CCCC1CCC(c2ccc(C3CCC(CCc4ccc(OCC)c(F)c4)CC3)c(F)c2F)CC1. The molecule has 0 heterocycles. The van der Waals surface area contributed by atoms with E-state index < -0.39 is 11.6 Å². The first-order valence-electron chi connectivity index (χ1n) is 13.9. The van der Waals surface area contributed by atoms with E-state index in [0.717, 1.165) is 75.7 Å². The van der Waals surface area contributed by atoms with E-state index in [1.165, 1.54) is 12.8 Å². The fourth-order valence-electron chi connectivity index (χ4n) is 6.49. The average molecular weight is 487 g/mol. The van der Waals surface area contributed by atoms with Crippen molar-refractivity contribution in [2.24, 2.45) is 11.8 Å². The molecule has 4 rings (SSSR count). The second-order valence-corrected chi connectivity index (χ2v) is 10.8. The van der Waals surface area contributed by atoms with Crippen LogP contribution in [0.1, 0.15) is 113 Å². The fraction of sp³-hybridized carbons (Fsp3) is 0.613. The summed E-state index contributed by atoms with van der Waals surface area (Å²) in [5.41, 5.74) is 2.15. The molecule has 0 aromatic heterocycles. The van der Waals surface area contributed by atoms with Crippen LogP contribution in [0.4, 0.5) is 13.2 Å². The second kappa shape index (κ2) is 12.3. The Labute approximate surface area is 209 Å². The molecule has 192 valence electrons. The van der Waals surface area contributed by atoms with Gasteiger partial charge in [0.1, 0.15) is 0 Å². The molecule has 0 saturated heterocycles. The topological polar surface area (TPSA) is 9.23 Å². The Bertz CT molecular complexity index is 956. The summed E-state index contributed by atoms with van der Waals surface area (Å²) in [6.07, 6.45) is 12.3. The van der Waals surface area contributed by atoms with Crippen LogP contribution in [-0.2, 0) is 6.42 Å². The molecule has 0 atom stereocenters. The first kappa shape index (κ1) is 26.1. The molecule has 1 nitrogen and oxygen atoms in total. The van der Waals surface area contributed by atoms with E-state index >= 15 is 8.78 Å². The third-order valence-electron chi connectivity index (χ3n) is 8.55. The van der Waals surface area contributed by atoms with E-state index in [2.05, 4.69) is 6.92 Å². The summed E-state index contributed by atoms with van der Waals surface area (Å²) in [6, 6.07) is 8.98. The highest BCUT2D eigenvalue weighted by Crippen LogP contribution is 2.42. The highest BCUT2D eigenvalue weighted by Gasteiger charge is 2.29. The van der Waals surface area contributed by atoms with E-state index in [9.17, 15) is 4.39 Å². The van der Waals surface area contributed by atoms with Crippen LogP contribution in [0.2, 0.25) is 0 Å². The van der Waals surface area contributed by atoms with Gasteiger partial charge in [0.25, 0.3) is 0 Å². The fourth-order valence-corrected chi connectivity index (χ4v) is 6.49. The summed E-state index contributed by atoms with van der Waals surface area (Å²) in [5, 5.41) is 0. The van der Waals surface area contributed by atoms with Gasteiger partial charge in [-0.1, -0.05) is 38.0 Å². The van der Waals surface area contributed by atoms with Gasteiger partial charge in [-0.2, -0.15) is 0 Å². The van der Waals surface area contributed by atoms with Crippen molar-refractivity contribution >= 4 is 0 Å². The number of ether oxygens (including phenoxy) is 1. The van der Waals surface area contributed by atoms with Gasteiger partial charge in [0.2, 0.25) is 0 Å². The van der Waals surface area contributed by atoms with Crippen LogP contribution >= 0.6 is 0 Å². The van der Waals surface area contributed by atoms with Crippen LogP contribution in [0.25, 0.3) is 0 Å². The van der Waals surface area contributed by atoms with Gasteiger partial charge in [-0.25, -0.2) is 13.2 Å². The van der Waals surface area contributed by atoms with Crippen molar-refractivity contribution in [2.45, 2.75) is 103 Å². The van der Waals surface area contributed by atoms with Crippen LogP contribution in [0.3, 0.4) is 0 Å². The molecule has 2 aliphatic rings. The van der Waals surface area contributed by atoms with Crippen LogP contribution in [0, 0.1) is 29.3 Å². The third-order valence-corrected chi connectivity index (χ3v) is 8.55. The predicted molar refractivity (Wildman–Crippen MR) is 137 cm³/mol. The van der Waals surface area contributed by atoms with Gasteiger partial charge in [0.05, 0.1) is 6.61 Å². The summed E-state index contributed by atoms with van der Waals surface area (Å²) in [5.74, 6) is 0.364. The standard InChI is InChI=1S/C31H41F3O/c1-3-5-21-8-13-24(14-9-21)26-17-18-27(31(34)30(26)33)25-15-10-22(11-16-25)6-7-23-12-19-29(35-4-2)28(32)20-23/h12,17-22,24-25H,3-11,13-16H2,1-2H3. The number of aryl methyl sites for hydroxylation is 1. The van der Waals surface area contributed by atoms with E-state index in [1.54, 1.807) is 12.1 Å². The van der Waals surface area contributed by atoms with Crippen LogP contribution in [0.5, 0.6) is 5.75 Å². The van der Waals surface area contributed by atoms with Crippen molar-refractivity contribution in [2.75, 3.05) is 6.61 Å². The maximum atomic E-state index is 15.2. The summed E-state index contributed by atoms with van der Waals surface area (Å²) >= 11 is 0. The minimum absolute atomic E-state index is 0.0954. The Morgan fingerprint density at radius 1 is 0.714 bits per heavy atom. The first-order valence-corrected chi connectivity index (χ1v) is 13.9. The molecule has 2 saturated carbocycles. The number of hydrogen-bond acceptors (Lipinski definition) is 1. The molecule has 2 aromatic rings. The summed E-state index contributed by atoms with van der Waals surface area (Å²) in [4.78, 5) is 0. The molecule has 2 fully saturated rings. The Kier molecular flexibility index (Phi) is 9.19. The lowest BCUT2D eigenvalue weighted by molar-refractivity contribution is 0.297. The monoisotopic (exact) mass is 486 g/mol. The van der Waals surface area contributed by atoms with Gasteiger partial charge in [-0.3, -0.25) is 0 Å². The van der Waals surface area contributed by atoms with Gasteiger partial charge in [-0.15, -0.1) is 0 Å². The van der Waals surface area contributed by atoms with Gasteiger partial charge < -0.3 is 4.74 Å². The molecular formula is C31H41F3O. The predicted octanol–water partition coefficient (Wildman–Crippen LogP) is 9.48. The van der Waals surface area contributed by atoms with Crippen LogP contribution in [0.15, 0.2) is 30.3 Å². The molecule has 0 unspecified atom stereocenters. The first-order chi connectivity index (χ1) is 17.0. The molecule has 0 bridgehead atoms. The molecule has 4 heteroatoms. The van der Waals surface area contributed by atoms with Crippen molar-refractivity contribution in [3.05, 3.63) is 64.5 Å². The van der Waals surface area contributed by atoms with E-state index in [4.69, 9.17) is 4.74 Å². The Morgan fingerprint density at radius 2 is 1.26 bits per heavy atom. The third kappa shape index (κ3) is 6.43. The number of halogens is 3. The van der Waals surface area contributed by atoms with Crippen molar-refractivity contribution in [3.8, 4) is 5.75 Å². The number of hydrogen-bond donors (Lipinski definition) is 0. The van der Waals surface area contributed by atoms with Crippen LogP contribution < -0.4 is 4.74 Å². The van der Waals surface area contributed by atoms with Crippen molar-refractivity contribution in [3.63, 3.8) is 0 Å². The average Bonchev–Trinajstić information content (AvgIpc) is 2.87. The molecule has 0 aliphatic heterocycles. The minimum atomic E-state index is -0.605. The van der Waals surface area contributed by atoms with Crippen molar-refractivity contribution in [1.82, 2.24) is 0 Å². The number of benzene rings is 2. The molecule has 0 spiro atoms. The van der Waals surface area contributed by atoms with Gasteiger partial charge >= 0.3 is 0 Å². The molecule has 35 heavy (non-hydrogen) atoms. The van der Waals surface area contributed by atoms with Gasteiger partial charge in [-0.05, 0) is 124 Å². The Balaban J connectivity index is 1.30. The van der Waals surface area contributed by atoms with E-state index in [1.807, 2.05) is 25.1 Å². The zero-order valence-corrected chi connectivity index (χ0v) is 21.4. The summed E-state index contributed by atoms with van der Waals surface area (Å²) < 4.78 is 49.7. The van der Waals surface area contributed by atoms with Crippen molar-refractivity contribution in [1.29, 1.82) is 0 Å². The lowest BCUT2D eigenvalue weighted by Crippen LogP contribution is -2.17. The highest BCUT2D eigenvalue weighted by molar-refractivity contribution is 5.32. The Hall–Kier alpha value is -1.97. The number of rotatable bonds is 9. The minimum Gasteiger partial charge on any atom is -0.491 e. The van der Waals surface area contributed by atoms with Crippen LogP contribution in [-0.4, -0.2) is 6.61 Å². The molecule has 2 aromatic carbocycles. The molecule has 0 radical (unpaired) electrons. The maximum Gasteiger partial charge on any atom is 0.165 e. The lowest BCUT2D eigenvalue weighted by Gasteiger charge is -2.31. The smallest absolute Gasteiger partial charge is 0.165 e. The zero-order valence-electron chi connectivity index (χ0n) is 21.4. The molecule has 0 amide bonds. The summed E-state index contributed by atoms with van der Waals surface area (Å²) in [7, 11) is 0. The Morgan fingerprint density at radius 3 is 1.74 bits per heavy atom. The second-order valence-electron chi connectivity index (χ2n) is 10.8.